The van der Waals surface area contributed by atoms with Crippen LogP contribution in [-0.4, -0.2) is 37.2 Å². The zero-order valence-corrected chi connectivity index (χ0v) is 51.0. The molecule has 0 aromatic carbocycles. The molecule has 0 fully saturated rings. The van der Waals surface area contributed by atoms with Crippen LogP contribution in [0.2, 0.25) is 0 Å². The number of carbonyl (C=O) groups excluding carboxylic acids is 3. The minimum Gasteiger partial charge on any atom is -0.462 e. The van der Waals surface area contributed by atoms with Gasteiger partial charge in [0.2, 0.25) is 0 Å². The SMILES string of the molecule is CCC/C=C\CCCCCCCC(=O)OCC(COC(=O)CCCCCCCCCCCCCCCC/C=C\C/C=C\C/C=C\CCCCCCC)OC(=O)CCCCCCCCCCCCCCCCCCCCC. The van der Waals surface area contributed by atoms with Crippen LogP contribution < -0.4 is 0 Å². The Balaban J connectivity index is 4.14. The zero-order valence-electron chi connectivity index (χ0n) is 51.0. The summed E-state index contributed by atoms with van der Waals surface area (Å²) in [5.74, 6) is -0.861. The van der Waals surface area contributed by atoms with Gasteiger partial charge in [-0.3, -0.25) is 14.4 Å². The van der Waals surface area contributed by atoms with Gasteiger partial charge in [-0.1, -0.05) is 313 Å². The van der Waals surface area contributed by atoms with E-state index in [1.807, 2.05) is 0 Å². The number of rotatable bonds is 62. The van der Waals surface area contributed by atoms with Crippen molar-refractivity contribution < 1.29 is 28.6 Å². The molecule has 0 bridgehead atoms. The Bertz CT molecular complexity index is 1310. The summed E-state index contributed by atoms with van der Waals surface area (Å²) in [6.07, 6.45) is 81.4. The number of allylic oxidation sites excluding steroid dienone is 8. The van der Waals surface area contributed by atoms with Crippen LogP contribution in [0.4, 0.5) is 0 Å². The lowest BCUT2D eigenvalue weighted by molar-refractivity contribution is -0.167. The van der Waals surface area contributed by atoms with Crippen molar-refractivity contribution in [1.29, 1.82) is 0 Å². The van der Waals surface area contributed by atoms with Crippen LogP contribution in [0.3, 0.4) is 0 Å². The summed E-state index contributed by atoms with van der Waals surface area (Å²) in [4.78, 5) is 38.2. The van der Waals surface area contributed by atoms with Gasteiger partial charge in [0.05, 0.1) is 0 Å². The molecule has 0 aliphatic rings. The van der Waals surface area contributed by atoms with Crippen molar-refractivity contribution in [2.24, 2.45) is 0 Å². The number of unbranched alkanes of at least 4 members (excludes halogenated alkanes) is 43. The first-order valence-corrected chi connectivity index (χ1v) is 33.6. The van der Waals surface area contributed by atoms with Gasteiger partial charge in [0.1, 0.15) is 13.2 Å². The van der Waals surface area contributed by atoms with Gasteiger partial charge in [-0.2, -0.15) is 0 Å². The fraction of sp³-hybridized carbons (Fsp3) is 0.843. The van der Waals surface area contributed by atoms with E-state index in [2.05, 4.69) is 69.4 Å². The molecule has 444 valence electrons. The number of ether oxygens (including phenoxy) is 3. The van der Waals surface area contributed by atoms with Crippen LogP contribution in [-0.2, 0) is 28.6 Å². The minimum absolute atomic E-state index is 0.0718. The summed E-state index contributed by atoms with van der Waals surface area (Å²) in [6.45, 7) is 6.62. The predicted molar refractivity (Wildman–Crippen MR) is 330 cm³/mol. The van der Waals surface area contributed by atoms with E-state index in [9.17, 15) is 14.4 Å². The standard InChI is InChI=1S/C70H128O6/c1-4-7-10-13-16-19-22-24-26-28-30-31-32-33-34-35-36-37-38-39-41-42-44-46-48-51-54-57-60-63-69(72)75-66-67(65-74-68(71)62-59-56-53-50-21-18-15-12-9-6-3)76-70(73)64-61-58-55-52-49-47-45-43-40-29-27-25-23-20-17-14-11-8-5-2/h12,15,22,24,28,30,32-33,67H,4-11,13-14,16-21,23,25-27,29,31,34-66H2,1-3H3/b15-12-,24-22-,30-28-,33-32-. The third-order valence-corrected chi connectivity index (χ3v) is 15.0. The Morgan fingerprint density at radius 1 is 0.263 bits per heavy atom. The maximum atomic E-state index is 12.9. The highest BCUT2D eigenvalue weighted by atomic mass is 16.6. The fourth-order valence-corrected chi connectivity index (χ4v) is 9.99. The normalized spacial score (nSPS) is 12.3. The molecule has 6 nitrogen and oxygen atoms in total. The molecular formula is C70H128O6. The molecule has 0 radical (unpaired) electrons. The van der Waals surface area contributed by atoms with Crippen LogP contribution in [0.25, 0.3) is 0 Å². The Morgan fingerprint density at radius 2 is 0.500 bits per heavy atom. The van der Waals surface area contributed by atoms with Gasteiger partial charge in [0.15, 0.2) is 6.10 Å². The average molecular weight is 1070 g/mol. The van der Waals surface area contributed by atoms with E-state index in [1.165, 1.54) is 238 Å². The minimum atomic E-state index is -0.774. The molecule has 0 N–H and O–H groups in total. The Kier molecular flexibility index (Phi) is 62.6. The van der Waals surface area contributed by atoms with Gasteiger partial charge >= 0.3 is 17.9 Å². The van der Waals surface area contributed by atoms with Crippen molar-refractivity contribution in [2.75, 3.05) is 13.2 Å². The van der Waals surface area contributed by atoms with Gasteiger partial charge in [-0.05, 0) is 77.0 Å². The molecule has 0 saturated carbocycles. The van der Waals surface area contributed by atoms with Crippen molar-refractivity contribution in [3.8, 4) is 0 Å². The van der Waals surface area contributed by atoms with Crippen LogP contribution >= 0.6 is 0 Å². The van der Waals surface area contributed by atoms with Crippen LogP contribution in [0, 0.1) is 0 Å². The average Bonchev–Trinajstić information content (AvgIpc) is 3.42. The molecule has 0 aromatic heterocycles. The van der Waals surface area contributed by atoms with Gasteiger partial charge in [0, 0.05) is 19.3 Å². The van der Waals surface area contributed by atoms with Crippen LogP contribution in [0.1, 0.15) is 361 Å². The van der Waals surface area contributed by atoms with E-state index in [1.54, 1.807) is 0 Å². The topological polar surface area (TPSA) is 78.9 Å². The first-order valence-electron chi connectivity index (χ1n) is 33.6. The molecule has 0 heterocycles. The largest absolute Gasteiger partial charge is 0.462 e. The summed E-state index contributed by atoms with van der Waals surface area (Å²) in [5.41, 5.74) is 0. The summed E-state index contributed by atoms with van der Waals surface area (Å²) in [6, 6.07) is 0. The zero-order chi connectivity index (χ0) is 55.0. The van der Waals surface area contributed by atoms with E-state index >= 15 is 0 Å². The molecule has 0 spiro atoms. The second kappa shape index (κ2) is 64.9. The molecule has 0 saturated heterocycles. The van der Waals surface area contributed by atoms with E-state index in [4.69, 9.17) is 14.2 Å². The first kappa shape index (κ1) is 73.4. The number of hydrogen-bond acceptors (Lipinski definition) is 6. The summed E-state index contributed by atoms with van der Waals surface area (Å²) >= 11 is 0. The fourth-order valence-electron chi connectivity index (χ4n) is 9.99. The van der Waals surface area contributed by atoms with Crippen molar-refractivity contribution >= 4 is 17.9 Å². The Labute approximate surface area is 473 Å². The van der Waals surface area contributed by atoms with E-state index in [0.29, 0.717) is 19.3 Å². The molecule has 0 aromatic rings. The van der Waals surface area contributed by atoms with Crippen molar-refractivity contribution in [2.45, 2.75) is 367 Å². The smallest absolute Gasteiger partial charge is 0.306 e. The van der Waals surface area contributed by atoms with Gasteiger partial charge in [-0.25, -0.2) is 0 Å². The summed E-state index contributed by atoms with van der Waals surface area (Å²) < 4.78 is 16.9. The second-order valence-corrected chi connectivity index (χ2v) is 22.7. The lowest BCUT2D eigenvalue weighted by Crippen LogP contribution is -2.30. The van der Waals surface area contributed by atoms with Gasteiger partial charge < -0.3 is 14.2 Å². The highest BCUT2D eigenvalue weighted by molar-refractivity contribution is 5.71. The molecule has 1 unspecified atom stereocenters. The maximum absolute atomic E-state index is 12.9. The Morgan fingerprint density at radius 3 is 0.803 bits per heavy atom. The van der Waals surface area contributed by atoms with Crippen LogP contribution in [0.5, 0.6) is 0 Å². The molecule has 76 heavy (non-hydrogen) atoms. The molecule has 0 aliphatic heterocycles. The summed E-state index contributed by atoms with van der Waals surface area (Å²) in [7, 11) is 0. The lowest BCUT2D eigenvalue weighted by Gasteiger charge is -2.18. The highest BCUT2D eigenvalue weighted by Gasteiger charge is 2.19. The second-order valence-electron chi connectivity index (χ2n) is 22.7. The first-order chi connectivity index (χ1) is 37.5. The predicted octanol–water partition coefficient (Wildman–Crippen LogP) is 22.9. The third-order valence-electron chi connectivity index (χ3n) is 15.0. The van der Waals surface area contributed by atoms with Crippen molar-refractivity contribution in [3.05, 3.63) is 48.6 Å². The molecule has 0 amide bonds. The Hall–Kier alpha value is -2.63. The number of hydrogen-bond donors (Lipinski definition) is 0. The third kappa shape index (κ3) is 62.2. The molecule has 1 atom stereocenters. The van der Waals surface area contributed by atoms with Gasteiger partial charge in [0.25, 0.3) is 0 Å². The number of esters is 3. The lowest BCUT2D eigenvalue weighted by atomic mass is 10.0. The quantitative estimate of drug-likeness (QED) is 0.0261. The molecule has 0 aliphatic carbocycles. The van der Waals surface area contributed by atoms with Crippen molar-refractivity contribution in [1.82, 2.24) is 0 Å². The molecular weight excluding hydrogens is 937 g/mol. The maximum Gasteiger partial charge on any atom is 0.306 e. The highest BCUT2D eigenvalue weighted by Crippen LogP contribution is 2.18. The monoisotopic (exact) mass is 1060 g/mol. The van der Waals surface area contributed by atoms with E-state index in [0.717, 1.165) is 83.5 Å². The van der Waals surface area contributed by atoms with E-state index < -0.39 is 6.10 Å². The van der Waals surface area contributed by atoms with Crippen molar-refractivity contribution in [3.63, 3.8) is 0 Å². The summed E-state index contributed by atoms with van der Waals surface area (Å²) in [5, 5.41) is 0. The number of carbonyl (C=O) groups is 3. The molecule has 0 rings (SSSR count). The van der Waals surface area contributed by atoms with Crippen LogP contribution in [0.15, 0.2) is 48.6 Å². The van der Waals surface area contributed by atoms with E-state index in [-0.39, 0.29) is 31.1 Å². The van der Waals surface area contributed by atoms with Gasteiger partial charge in [-0.15, -0.1) is 0 Å². The molecule has 6 heteroatoms.